The van der Waals surface area contributed by atoms with E-state index in [1.807, 2.05) is 57.3 Å². The van der Waals surface area contributed by atoms with Gasteiger partial charge < -0.3 is 10.0 Å². The fraction of sp³-hybridized carbons (Fsp3) is 0.263. The minimum absolute atomic E-state index is 0.0429. The Kier molecular flexibility index (Phi) is 5.30. The molecule has 3 heteroatoms. The molecular weight excluding hydrogens is 338 g/mol. The minimum Gasteiger partial charge on any atom is -0.860 e. The van der Waals surface area contributed by atoms with E-state index in [-0.39, 0.29) is 5.88 Å². The van der Waals surface area contributed by atoms with E-state index < -0.39 is 0 Å². The molecule has 0 radical (unpaired) electrons. The van der Waals surface area contributed by atoms with Gasteiger partial charge in [0.1, 0.15) is 0 Å². The smallest absolute Gasteiger partial charge is 0.0572 e. The first kappa shape index (κ1) is 16.6. The van der Waals surface area contributed by atoms with Crippen molar-refractivity contribution in [1.82, 2.24) is 0 Å². The summed E-state index contributed by atoms with van der Waals surface area (Å²) in [7, 11) is 1.84. The highest BCUT2D eigenvalue weighted by Crippen LogP contribution is 2.33. The first-order chi connectivity index (χ1) is 10.5. The van der Waals surface area contributed by atoms with Crippen LogP contribution in [0.1, 0.15) is 30.0 Å². The molecule has 116 valence electrons. The molecular formula is C19H21BrNO-. The summed E-state index contributed by atoms with van der Waals surface area (Å²) in [6, 6.07) is 14.0. The highest BCUT2D eigenvalue weighted by Gasteiger charge is 2.12. The zero-order chi connectivity index (χ0) is 16.3. The third-order valence-corrected chi connectivity index (χ3v) is 4.38. The van der Waals surface area contributed by atoms with Crippen LogP contribution in [-0.2, 0) is 0 Å². The monoisotopic (exact) mass is 358 g/mol. The Bertz CT molecular complexity index is 669. The maximum Gasteiger partial charge on any atom is 0.0572 e. The van der Waals surface area contributed by atoms with Crippen LogP contribution in [0, 0.1) is 13.8 Å². The summed E-state index contributed by atoms with van der Waals surface area (Å²) in [6.07, 6.45) is 0.704. The number of halogens is 1. The molecule has 0 fully saturated rings. The molecule has 0 saturated heterocycles. The predicted molar refractivity (Wildman–Crippen MR) is 95.7 cm³/mol. The number of allylic oxidation sites excluding steroid dienone is 1. The summed E-state index contributed by atoms with van der Waals surface area (Å²) in [4.78, 5) is 1.74. The zero-order valence-electron chi connectivity index (χ0n) is 13.5. The Balaban J connectivity index is 2.52. The summed E-state index contributed by atoms with van der Waals surface area (Å²) in [5.74, 6) is 0.0429. The number of rotatable bonds is 4. The van der Waals surface area contributed by atoms with Gasteiger partial charge in [-0.15, -0.1) is 0 Å². The molecule has 0 aromatic heterocycles. The second-order valence-corrected chi connectivity index (χ2v) is 6.33. The van der Waals surface area contributed by atoms with Crippen molar-refractivity contribution in [2.75, 3.05) is 11.9 Å². The van der Waals surface area contributed by atoms with Gasteiger partial charge in [-0.1, -0.05) is 43.3 Å². The number of hydrogen-bond acceptors (Lipinski definition) is 2. The van der Waals surface area contributed by atoms with Crippen molar-refractivity contribution in [3.8, 4) is 0 Å². The lowest BCUT2D eigenvalue weighted by Crippen LogP contribution is -2.28. The second kappa shape index (κ2) is 7.01. The Labute approximate surface area is 141 Å². The molecule has 0 N–H and O–H groups in total. The molecule has 2 aromatic carbocycles. The fourth-order valence-electron chi connectivity index (χ4n) is 2.76. The molecule has 0 aliphatic rings. The molecule has 0 amide bonds. The van der Waals surface area contributed by atoms with Gasteiger partial charge in [0, 0.05) is 11.5 Å². The molecule has 0 aliphatic carbocycles. The summed E-state index contributed by atoms with van der Waals surface area (Å²) in [6.45, 7) is 6.10. The number of aryl methyl sites for hydroxylation is 2. The number of anilines is 1. The van der Waals surface area contributed by atoms with E-state index in [9.17, 15) is 5.11 Å². The van der Waals surface area contributed by atoms with Gasteiger partial charge in [0.15, 0.2) is 0 Å². The molecule has 2 nitrogen and oxygen atoms in total. The van der Waals surface area contributed by atoms with E-state index >= 15 is 0 Å². The SMILES string of the molecule is CC/C(=C(/[O-])N(C)c1c(C)cc(C)cc1Br)c1ccccc1. The minimum atomic E-state index is 0.0429. The summed E-state index contributed by atoms with van der Waals surface area (Å²) in [5, 5.41) is 12.9. The summed E-state index contributed by atoms with van der Waals surface area (Å²) >= 11 is 3.59. The van der Waals surface area contributed by atoms with Crippen LogP contribution in [0.15, 0.2) is 52.8 Å². The van der Waals surface area contributed by atoms with E-state index in [2.05, 4.69) is 28.9 Å². The highest BCUT2D eigenvalue weighted by atomic mass is 79.9. The summed E-state index contributed by atoms with van der Waals surface area (Å²) < 4.78 is 0.948. The maximum absolute atomic E-state index is 12.9. The lowest BCUT2D eigenvalue weighted by atomic mass is 10.0. The average Bonchev–Trinajstić information content (AvgIpc) is 2.47. The van der Waals surface area contributed by atoms with Crippen LogP contribution in [-0.4, -0.2) is 7.05 Å². The molecule has 2 rings (SSSR count). The Hall–Kier alpha value is -1.74. The predicted octanol–water partition coefficient (Wildman–Crippen LogP) is 4.64. The molecule has 0 spiro atoms. The zero-order valence-corrected chi connectivity index (χ0v) is 15.1. The van der Waals surface area contributed by atoms with Crippen molar-refractivity contribution < 1.29 is 5.11 Å². The number of hydrogen-bond donors (Lipinski definition) is 0. The van der Waals surface area contributed by atoms with Gasteiger partial charge in [0.2, 0.25) is 0 Å². The second-order valence-electron chi connectivity index (χ2n) is 5.47. The molecule has 0 bridgehead atoms. The third kappa shape index (κ3) is 3.36. The van der Waals surface area contributed by atoms with Crippen LogP contribution in [0.2, 0.25) is 0 Å². The molecule has 22 heavy (non-hydrogen) atoms. The van der Waals surface area contributed by atoms with Gasteiger partial charge in [-0.25, -0.2) is 0 Å². The molecule has 0 aliphatic heterocycles. The van der Waals surface area contributed by atoms with Crippen molar-refractivity contribution in [1.29, 1.82) is 0 Å². The topological polar surface area (TPSA) is 26.3 Å². The van der Waals surface area contributed by atoms with Crippen molar-refractivity contribution >= 4 is 27.2 Å². The lowest BCUT2D eigenvalue weighted by molar-refractivity contribution is -0.303. The van der Waals surface area contributed by atoms with Gasteiger partial charge in [0.25, 0.3) is 0 Å². The van der Waals surface area contributed by atoms with E-state index in [0.717, 1.165) is 26.9 Å². The van der Waals surface area contributed by atoms with Crippen LogP contribution in [0.25, 0.3) is 5.57 Å². The van der Waals surface area contributed by atoms with E-state index in [1.54, 1.807) is 4.90 Å². The standard InChI is InChI=1S/C19H22BrNO/c1-5-16(15-9-7-6-8-10-15)19(22)21(4)18-14(3)11-13(2)12-17(18)20/h6-12,22H,5H2,1-4H3/p-1/b19-16-. The van der Waals surface area contributed by atoms with Gasteiger partial charge in [-0.05, 0) is 70.4 Å². The van der Waals surface area contributed by atoms with Crippen molar-refractivity contribution in [2.45, 2.75) is 27.2 Å². The molecule has 0 atom stereocenters. The molecule has 0 saturated carbocycles. The highest BCUT2D eigenvalue weighted by molar-refractivity contribution is 9.10. The molecule has 0 unspecified atom stereocenters. The van der Waals surface area contributed by atoms with Gasteiger partial charge in [-0.3, -0.25) is 0 Å². The van der Waals surface area contributed by atoms with Crippen LogP contribution in [0.5, 0.6) is 0 Å². The number of nitrogens with zero attached hydrogens (tertiary/aromatic N) is 1. The van der Waals surface area contributed by atoms with Crippen LogP contribution in [0.4, 0.5) is 5.69 Å². The largest absolute Gasteiger partial charge is 0.860 e. The van der Waals surface area contributed by atoms with Crippen LogP contribution in [0.3, 0.4) is 0 Å². The van der Waals surface area contributed by atoms with Crippen molar-refractivity contribution in [3.05, 3.63) is 69.5 Å². The molecule has 0 heterocycles. The lowest BCUT2D eigenvalue weighted by Gasteiger charge is -2.32. The Morgan fingerprint density at radius 3 is 2.32 bits per heavy atom. The Morgan fingerprint density at radius 2 is 1.77 bits per heavy atom. The van der Waals surface area contributed by atoms with E-state index in [1.165, 1.54) is 5.56 Å². The van der Waals surface area contributed by atoms with Gasteiger partial charge in [-0.2, -0.15) is 0 Å². The number of benzene rings is 2. The summed E-state index contributed by atoms with van der Waals surface area (Å²) in [5.41, 5.74) is 5.01. The fourth-order valence-corrected chi connectivity index (χ4v) is 3.69. The van der Waals surface area contributed by atoms with Crippen molar-refractivity contribution in [2.24, 2.45) is 0 Å². The first-order valence-corrected chi connectivity index (χ1v) is 8.21. The maximum atomic E-state index is 12.9. The third-order valence-electron chi connectivity index (χ3n) is 3.77. The molecule has 2 aromatic rings. The van der Waals surface area contributed by atoms with Crippen molar-refractivity contribution in [3.63, 3.8) is 0 Å². The quantitative estimate of drug-likeness (QED) is 0.744. The first-order valence-electron chi connectivity index (χ1n) is 7.41. The van der Waals surface area contributed by atoms with Crippen LogP contribution < -0.4 is 10.0 Å². The average molecular weight is 359 g/mol. The Morgan fingerprint density at radius 1 is 1.14 bits per heavy atom. The van der Waals surface area contributed by atoms with Crippen LogP contribution >= 0.6 is 15.9 Å². The normalized spacial score (nSPS) is 12.0. The van der Waals surface area contributed by atoms with Gasteiger partial charge in [0.05, 0.1) is 5.69 Å². The van der Waals surface area contributed by atoms with Gasteiger partial charge >= 0.3 is 0 Å². The van der Waals surface area contributed by atoms with E-state index in [0.29, 0.717) is 6.42 Å². The van der Waals surface area contributed by atoms with E-state index in [4.69, 9.17) is 0 Å².